The first-order valence-electron chi connectivity index (χ1n) is 9.68. The number of nitrogens with zero attached hydrogens (tertiary/aromatic N) is 1. The average molecular weight is 341 g/mol. The van der Waals surface area contributed by atoms with E-state index in [0.29, 0.717) is 24.2 Å². The van der Waals surface area contributed by atoms with Crippen LogP contribution in [0.3, 0.4) is 0 Å². The SMILES string of the molecule is CC[C@H]1C[C@@H]2C[C@H](C(=O)C3CC3)[C@H]1N(C(=O)OCc1ccccc1)C2. The fourth-order valence-corrected chi connectivity index (χ4v) is 4.87. The third kappa shape index (κ3) is 3.31. The van der Waals surface area contributed by atoms with Gasteiger partial charge in [-0.2, -0.15) is 0 Å². The van der Waals surface area contributed by atoms with Crippen LogP contribution >= 0.6 is 0 Å². The molecule has 1 aromatic rings. The van der Waals surface area contributed by atoms with Crippen molar-refractivity contribution in [2.45, 2.75) is 51.7 Å². The highest BCUT2D eigenvalue weighted by molar-refractivity contribution is 5.87. The van der Waals surface area contributed by atoms with Gasteiger partial charge < -0.3 is 9.64 Å². The standard InChI is InChI=1S/C21H27NO3/c1-2-16-10-15-11-18(20(23)17-8-9-17)19(16)22(12-15)21(24)25-13-14-6-4-3-5-7-14/h3-7,15-19H,2,8-13H2,1H3/t15-,16+,18+,19+/m1/s1. The number of fused-ring (bicyclic) bond motifs is 3. The molecule has 0 radical (unpaired) electrons. The second-order valence-electron chi connectivity index (χ2n) is 7.97. The fraction of sp³-hybridized carbons (Fsp3) is 0.619. The van der Waals surface area contributed by atoms with E-state index in [-0.39, 0.29) is 24.0 Å². The first-order valence-corrected chi connectivity index (χ1v) is 9.68. The number of hydrogen-bond donors (Lipinski definition) is 0. The zero-order valence-electron chi connectivity index (χ0n) is 14.9. The van der Waals surface area contributed by atoms with Crippen molar-refractivity contribution < 1.29 is 14.3 Å². The molecule has 4 nitrogen and oxygen atoms in total. The lowest BCUT2D eigenvalue weighted by Crippen LogP contribution is -2.61. The highest BCUT2D eigenvalue weighted by Crippen LogP contribution is 2.47. The van der Waals surface area contributed by atoms with E-state index < -0.39 is 0 Å². The van der Waals surface area contributed by atoms with Crippen molar-refractivity contribution in [3.05, 3.63) is 35.9 Å². The monoisotopic (exact) mass is 341 g/mol. The lowest BCUT2D eigenvalue weighted by Gasteiger charge is -2.53. The summed E-state index contributed by atoms with van der Waals surface area (Å²) in [5.74, 6) is 1.60. The fourth-order valence-electron chi connectivity index (χ4n) is 4.87. The van der Waals surface area contributed by atoms with Crippen LogP contribution in [0.5, 0.6) is 0 Å². The van der Waals surface area contributed by atoms with E-state index in [4.69, 9.17) is 4.74 Å². The lowest BCUT2D eigenvalue weighted by atomic mass is 9.64. The van der Waals surface area contributed by atoms with Crippen LogP contribution in [0.4, 0.5) is 4.79 Å². The van der Waals surface area contributed by atoms with Gasteiger partial charge in [0.2, 0.25) is 0 Å². The summed E-state index contributed by atoms with van der Waals surface area (Å²) in [7, 11) is 0. The van der Waals surface area contributed by atoms with Crippen molar-refractivity contribution in [3.63, 3.8) is 0 Å². The molecule has 1 aromatic carbocycles. The van der Waals surface area contributed by atoms with Gasteiger partial charge in [0.05, 0.1) is 0 Å². The molecular formula is C21H27NO3. The Morgan fingerprint density at radius 2 is 1.92 bits per heavy atom. The number of piperidine rings is 2. The van der Waals surface area contributed by atoms with E-state index in [2.05, 4.69) is 6.92 Å². The second-order valence-corrected chi connectivity index (χ2v) is 7.97. The van der Waals surface area contributed by atoms with Crippen LogP contribution in [-0.4, -0.2) is 29.4 Å². The molecule has 5 rings (SSSR count). The van der Waals surface area contributed by atoms with Crippen molar-refractivity contribution in [2.75, 3.05) is 6.54 Å². The van der Waals surface area contributed by atoms with Gasteiger partial charge in [-0.05, 0) is 43.1 Å². The summed E-state index contributed by atoms with van der Waals surface area (Å²) in [5, 5.41) is 0. The predicted octanol–water partition coefficient (Wildman–Crippen LogP) is 4.04. The Bertz CT molecular complexity index is 640. The van der Waals surface area contributed by atoms with Crippen LogP contribution in [0.15, 0.2) is 30.3 Å². The Kier molecular flexibility index (Phi) is 4.53. The van der Waals surface area contributed by atoms with Crippen molar-refractivity contribution in [2.24, 2.45) is 23.7 Å². The van der Waals surface area contributed by atoms with Gasteiger partial charge in [0.15, 0.2) is 0 Å². The van der Waals surface area contributed by atoms with E-state index >= 15 is 0 Å². The Morgan fingerprint density at radius 1 is 1.16 bits per heavy atom. The minimum atomic E-state index is -0.245. The van der Waals surface area contributed by atoms with Gasteiger partial charge in [-0.25, -0.2) is 4.79 Å². The maximum Gasteiger partial charge on any atom is 0.410 e. The third-order valence-electron chi connectivity index (χ3n) is 6.24. The number of amides is 1. The summed E-state index contributed by atoms with van der Waals surface area (Å²) in [5.41, 5.74) is 0.996. The van der Waals surface area contributed by atoms with Gasteiger partial charge in [0, 0.05) is 24.4 Å². The molecule has 134 valence electrons. The third-order valence-corrected chi connectivity index (χ3v) is 6.24. The van der Waals surface area contributed by atoms with Crippen LogP contribution in [0.25, 0.3) is 0 Å². The van der Waals surface area contributed by atoms with Crippen LogP contribution in [0, 0.1) is 23.7 Å². The van der Waals surface area contributed by atoms with Gasteiger partial charge in [0.25, 0.3) is 0 Å². The molecule has 2 aliphatic carbocycles. The van der Waals surface area contributed by atoms with Gasteiger partial charge in [-0.3, -0.25) is 4.79 Å². The molecule has 4 aliphatic rings. The summed E-state index contributed by atoms with van der Waals surface area (Å²) >= 11 is 0. The van der Waals surface area contributed by atoms with E-state index in [1.165, 1.54) is 0 Å². The summed E-state index contributed by atoms with van der Waals surface area (Å²) < 4.78 is 5.59. The van der Waals surface area contributed by atoms with Crippen LogP contribution in [0.2, 0.25) is 0 Å². The predicted molar refractivity (Wildman–Crippen MR) is 94.8 cm³/mol. The van der Waals surface area contributed by atoms with E-state index in [9.17, 15) is 9.59 Å². The maximum atomic E-state index is 12.8. The molecule has 1 amide bonds. The quantitative estimate of drug-likeness (QED) is 0.812. The molecule has 4 atom stereocenters. The number of benzene rings is 1. The molecule has 0 spiro atoms. The molecule has 0 N–H and O–H groups in total. The van der Waals surface area contributed by atoms with E-state index in [0.717, 1.165) is 44.2 Å². The van der Waals surface area contributed by atoms with E-state index in [1.807, 2.05) is 35.2 Å². The molecule has 4 heteroatoms. The largest absolute Gasteiger partial charge is 0.445 e. The van der Waals surface area contributed by atoms with Crippen molar-refractivity contribution in [3.8, 4) is 0 Å². The molecule has 2 heterocycles. The van der Waals surface area contributed by atoms with Gasteiger partial charge in [-0.1, -0.05) is 43.7 Å². The summed E-state index contributed by atoms with van der Waals surface area (Å²) in [6, 6.07) is 9.82. The second kappa shape index (κ2) is 6.81. The van der Waals surface area contributed by atoms with E-state index in [1.54, 1.807) is 0 Å². The van der Waals surface area contributed by atoms with Crippen LogP contribution in [-0.2, 0) is 16.1 Å². The smallest absolute Gasteiger partial charge is 0.410 e. The topological polar surface area (TPSA) is 46.6 Å². The molecule has 2 saturated heterocycles. The Hall–Kier alpha value is -1.84. The molecule has 25 heavy (non-hydrogen) atoms. The number of carbonyl (C=O) groups excluding carboxylic acids is 2. The number of ketones is 1. The lowest BCUT2D eigenvalue weighted by molar-refractivity contribution is -0.134. The highest BCUT2D eigenvalue weighted by atomic mass is 16.6. The average Bonchev–Trinajstić information content (AvgIpc) is 3.51. The van der Waals surface area contributed by atoms with Crippen molar-refractivity contribution in [1.82, 2.24) is 4.90 Å². The Balaban J connectivity index is 1.47. The highest BCUT2D eigenvalue weighted by Gasteiger charge is 2.52. The van der Waals surface area contributed by atoms with Gasteiger partial charge in [-0.15, -0.1) is 0 Å². The minimum absolute atomic E-state index is 0.0363. The number of rotatable bonds is 5. The summed E-state index contributed by atoms with van der Waals surface area (Å²) in [4.78, 5) is 27.4. The summed E-state index contributed by atoms with van der Waals surface area (Å²) in [6.45, 7) is 3.23. The van der Waals surface area contributed by atoms with Crippen molar-refractivity contribution >= 4 is 11.9 Å². The Labute approximate surface area is 149 Å². The molecule has 4 fully saturated rings. The molecule has 2 aliphatic heterocycles. The molecular weight excluding hydrogens is 314 g/mol. The van der Waals surface area contributed by atoms with Crippen LogP contribution < -0.4 is 0 Å². The first kappa shape index (κ1) is 16.6. The van der Waals surface area contributed by atoms with Gasteiger partial charge in [0.1, 0.15) is 12.4 Å². The molecule has 2 bridgehead atoms. The molecule has 2 saturated carbocycles. The molecule has 0 aromatic heterocycles. The number of hydrogen-bond acceptors (Lipinski definition) is 3. The zero-order valence-corrected chi connectivity index (χ0v) is 14.9. The minimum Gasteiger partial charge on any atom is -0.445 e. The maximum absolute atomic E-state index is 12.8. The Morgan fingerprint density at radius 3 is 2.60 bits per heavy atom. The van der Waals surface area contributed by atoms with Crippen LogP contribution in [0.1, 0.15) is 44.6 Å². The number of ether oxygens (including phenoxy) is 1. The summed E-state index contributed by atoms with van der Waals surface area (Å²) in [6.07, 6.45) is 4.99. The molecule has 0 unspecified atom stereocenters. The van der Waals surface area contributed by atoms with Gasteiger partial charge >= 0.3 is 6.09 Å². The zero-order chi connectivity index (χ0) is 17.4. The number of Topliss-reactive ketones (excluding diaryl/α,β-unsaturated/α-hetero) is 1. The first-order chi connectivity index (χ1) is 12.2. The number of carbonyl (C=O) groups is 2. The van der Waals surface area contributed by atoms with Crippen molar-refractivity contribution in [1.29, 1.82) is 0 Å². The normalized spacial score (nSPS) is 31.0.